The summed E-state index contributed by atoms with van der Waals surface area (Å²) < 4.78 is 5.03. The highest BCUT2D eigenvalue weighted by atomic mass is 32.1. The van der Waals surface area contributed by atoms with Crippen molar-refractivity contribution >= 4 is 17.3 Å². The number of hydrogen-bond donors (Lipinski definition) is 1. The number of hydrogen-bond acceptors (Lipinski definition) is 2. The van der Waals surface area contributed by atoms with Crippen LogP contribution in [0, 0.1) is 5.92 Å². The molecule has 3 nitrogen and oxygen atoms in total. The highest BCUT2D eigenvalue weighted by Gasteiger charge is 2.35. The van der Waals surface area contributed by atoms with Crippen molar-refractivity contribution in [1.82, 2.24) is 10.2 Å². The zero-order valence-electron chi connectivity index (χ0n) is 10.1. The summed E-state index contributed by atoms with van der Waals surface area (Å²) in [5.41, 5.74) is 0. The molecular weight excluding hydrogens is 220 g/mol. The first-order valence-corrected chi connectivity index (χ1v) is 6.77. The standard InChI is InChI=1S/C12H22N2OS/c1-15-9-7-13-12(16)14-8-3-5-10-4-2-6-11(10)14/h10-11H,2-9H2,1H3,(H,13,16). The van der Waals surface area contributed by atoms with E-state index < -0.39 is 0 Å². The van der Waals surface area contributed by atoms with Crippen LogP contribution in [0.25, 0.3) is 0 Å². The second-order valence-corrected chi connectivity index (χ2v) is 5.21. The van der Waals surface area contributed by atoms with Gasteiger partial charge in [-0.3, -0.25) is 0 Å². The predicted octanol–water partition coefficient (Wildman–Crippen LogP) is 1.77. The molecule has 1 N–H and O–H groups in total. The summed E-state index contributed by atoms with van der Waals surface area (Å²) in [6, 6.07) is 0.719. The minimum Gasteiger partial charge on any atom is -0.383 e. The van der Waals surface area contributed by atoms with Crippen molar-refractivity contribution < 1.29 is 4.74 Å². The van der Waals surface area contributed by atoms with Crippen molar-refractivity contribution in [2.75, 3.05) is 26.8 Å². The van der Waals surface area contributed by atoms with Gasteiger partial charge in [-0.2, -0.15) is 0 Å². The molecule has 1 saturated heterocycles. The Morgan fingerprint density at radius 2 is 2.19 bits per heavy atom. The van der Waals surface area contributed by atoms with E-state index in [9.17, 15) is 0 Å². The summed E-state index contributed by atoms with van der Waals surface area (Å²) >= 11 is 5.47. The van der Waals surface area contributed by atoms with Gasteiger partial charge in [0.1, 0.15) is 0 Å². The molecule has 16 heavy (non-hydrogen) atoms. The summed E-state index contributed by atoms with van der Waals surface area (Å²) in [6.45, 7) is 2.69. The molecule has 0 aromatic heterocycles. The van der Waals surface area contributed by atoms with E-state index in [0.717, 1.165) is 36.8 Å². The van der Waals surface area contributed by atoms with Crippen LogP contribution < -0.4 is 5.32 Å². The smallest absolute Gasteiger partial charge is 0.169 e. The van der Waals surface area contributed by atoms with E-state index in [2.05, 4.69) is 10.2 Å². The van der Waals surface area contributed by atoms with Crippen LogP contribution in [0.15, 0.2) is 0 Å². The first kappa shape index (κ1) is 12.1. The van der Waals surface area contributed by atoms with Gasteiger partial charge in [-0.05, 0) is 43.8 Å². The molecule has 2 fully saturated rings. The lowest BCUT2D eigenvalue weighted by Crippen LogP contribution is -2.50. The molecule has 0 aromatic rings. The Kier molecular flexibility index (Phi) is 4.41. The summed E-state index contributed by atoms with van der Waals surface area (Å²) in [7, 11) is 1.72. The van der Waals surface area contributed by atoms with E-state index in [1.165, 1.54) is 32.1 Å². The van der Waals surface area contributed by atoms with E-state index in [1.807, 2.05) is 0 Å². The second kappa shape index (κ2) is 5.82. The third-order valence-corrected chi connectivity index (χ3v) is 4.22. The Bertz CT molecular complexity index is 247. The maximum absolute atomic E-state index is 5.47. The van der Waals surface area contributed by atoms with Crippen molar-refractivity contribution in [2.45, 2.75) is 38.1 Å². The van der Waals surface area contributed by atoms with Crippen LogP contribution >= 0.6 is 12.2 Å². The predicted molar refractivity (Wildman–Crippen MR) is 69.5 cm³/mol. The van der Waals surface area contributed by atoms with Crippen LogP contribution in [0.1, 0.15) is 32.1 Å². The van der Waals surface area contributed by atoms with Crippen LogP contribution in [0.5, 0.6) is 0 Å². The molecule has 1 aliphatic carbocycles. The number of piperidine rings is 1. The molecule has 1 heterocycles. The summed E-state index contributed by atoms with van der Waals surface area (Å²) in [5.74, 6) is 0.899. The second-order valence-electron chi connectivity index (χ2n) is 4.82. The maximum Gasteiger partial charge on any atom is 0.169 e. The summed E-state index contributed by atoms with van der Waals surface area (Å²) in [6.07, 6.45) is 6.82. The lowest BCUT2D eigenvalue weighted by atomic mass is 9.92. The van der Waals surface area contributed by atoms with Gasteiger partial charge < -0.3 is 15.0 Å². The van der Waals surface area contributed by atoms with E-state index >= 15 is 0 Å². The van der Waals surface area contributed by atoms with Gasteiger partial charge in [0.25, 0.3) is 0 Å². The van der Waals surface area contributed by atoms with E-state index in [1.54, 1.807) is 7.11 Å². The molecule has 0 radical (unpaired) electrons. The quantitative estimate of drug-likeness (QED) is 0.602. The molecule has 0 bridgehead atoms. The zero-order valence-corrected chi connectivity index (χ0v) is 10.9. The number of ether oxygens (including phenoxy) is 1. The number of methoxy groups -OCH3 is 1. The molecular formula is C12H22N2OS. The molecule has 4 heteroatoms. The Hall–Kier alpha value is -0.350. The lowest BCUT2D eigenvalue weighted by molar-refractivity contribution is 0.182. The summed E-state index contributed by atoms with van der Waals surface area (Å²) in [4.78, 5) is 2.42. The van der Waals surface area contributed by atoms with Crippen molar-refractivity contribution in [3.05, 3.63) is 0 Å². The van der Waals surface area contributed by atoms with Crippen LogP contribution in [-0.4, -0.2) is 42.9 Å². The minimum absolute atomic E-state index is 0.719. The molecule has 2 aliphatic rings. The third kappa shape index (κ3) is 2.66. The number of thiocarbonyl (C=S) groups is 1. The Morgan fingerprint density at radius 1 is 1.38 bits per heavy atom. The van der Waals surface area contributed by atoms with E-state index in [0.29, 0.717) is 0 Å². The topological polar surface area (TPSA) is 24.5 Å². The fourth-order valence-corrected chi connectivity index (χ4v) is 3.40. The maximum atomic E-state index is 5.47. The van der Waals surface area contributed by atoms with Crippen molar-refractivity contribution in [3.63, 3.8) is 0 Å². The number of fused-ring (bicyclic) bond motifs is 1. The first-order chi connectivity index (χ1) is 7.83. The van der Waals surface area contributed by atoms with Gasteiger partial charge in [-0.15, -0.1) is 0 Å². The van der Waals surface area contributed by atoms with E-state index in [-0.39, 0.29) is 0 Å². The largest absolute Gasteiger partial charge is 0.383 e. The van der Waals surface area contributed by atoms with Gasteiger partial charge in [0.05, 0.1) is 6.61 Å². The fourth-order valence-electron chi connectivity index (χ4n) is 3.07. The van der Waals surface area contributed by atoms with Crippen LogP contribution in [0.3, 0.4) is 0 Å². The fraction of sp³-hybridized carbons (Fsp3) is 0.917. The van der Waals surface area contributed by atoms with Crippen molar-refractivity contribution in [2.24, 2.45) is 5.92 Å². The van der Waals surface area contributed by atoms with Gasteiger partial charge in [0, 0.05) is 26.2 Å². The SMILES string of the molecule is COCCNC(=S)N1CCCC2CCCC21. The van der Waals surface area contributed by atoms with Gasteiger partial charge in [-0.1, -0.05) is 6.42 Å². The first-order valence-electron chi connectivity index (χ1n) is 6.36. The monoisotopic (exact) mass is 242 g/mol. The van der Waals surface area contributed by atoms with Gasteiger partial charge in [0.15, 0.2) is 5.11 Å². The van der Waals surface area contributed by atoms with Gasteiger partial charge in [0.2, 0.25) is 0 Å². The number of nitrogens with one attached hydrogen (secondary N) is 1. The number of likely N-dealkylation sites (tertiary alicyclic amines) is 1. The molecule has 2 atom stereocenters. The normalized spacial score (nSPS) is 28.9. The Balaban J connectivity index is 1.84. The molecule has 2 rings (SSSR count). The van der Waals surface area contributed by atoms with Crippen LogP contribution in [0.4, 0.5) is 0 Å². The average Bonchev–Trinajstić information content (AvgIpc) is 2.76. The molecule has 0 spiro atoms. The van der Waals surface area contributed by atoms with E-state index in [4.69, 9.17) is 17.0 Å². The molecule has 0 amide bonds. The van der Waals surface area contributed by atoms with Gasteiger partial charge in [-0.25, -0.2) is 0 Å². The van der Waals surface area contributed by atoms with Crippen molar-refractivity contribution in [3.8, 4) is 0 Å². The highest BCUT2D eigenvalue weighted by molar-refractivity contribution is 7.80. The molecule has 1 aliphatic heterocycles. The van der Waals surface area contributed by atoms with Crippen molar-refractivity contribution in [1.29, 1.82) is 0 Å². The van der Waals surface area contributed by atoms with Crippen LogP contribution in [0.2, 0.25) is 0 Å². The molecule has 92 valence electrons. The average molecular weight is 242 g/mol. The molecule has 1 saturated carbocycles. The zero-order chi connectivity index (χ0) is 11.4. The molecule has 0 aromatic carbocycles. The third-order valence-electron chi connectivity index (χ3n) is 3.84. The molecule has 2 unspecified atom stereocenters. The Labute approximate surface area is 104 Å². The minimum atomic E-state index is 0.719. The van der Waals surface area contributed by atoms with Crippen LogP contribution in [-0.2, 0) is 4.74 Å². The summed E-state index contributed by atoms with van der Waals surface area (Å²) in [5, 5.41) is 4.24. The Morgan fingerprint density at radius 3 is 3.00 bits per heavy atom. The number of nitrogens with zero attached hydrogens (tertiary/aromatic N) is 1. The lowest BCUT2D eigenvalue weighted by Gasteiger charge is -2.39. The van der Waals surface area contributed by atoms with Gasteiger partial charge >= 0.3 is 0 Å². The number of rotatable bonds is 3. The highest BCUT2D eigenvalue weighted by Crippen LogP contribution is 2.36.